The molecule has 2 aromatic heterocycles. The maximum Gasteiger partial charge on any atom is 4.00 e. The number of hydrogen-bond acceptors (Lipinski definition) is 6. The van der Waals surface area contributed by atoms with Gasteiger partial charge in [-0.1, -0.05) is 39.8 Å². The molecule has 0 radical (unpaired) electrons. The van der Waals surface area contributed by atoms with Gasteiger partial charge in [0.25, 0.3) is 0 Å². The number of rotatable bonds is 0. The van der Waals surface area contributed by atoms with Gasteiger partial charge in [-0.25, -0.2) is 0 Å². The minimum atomic E-state index is -0.417. The van der Waals surface area contributed by atoms with Crippen LogP contribution in [0.5, 0.6) is 11.8 Å². The Hall–Kier alpha value is -1.47. The van der Waals surface area contributed by atoms with E-state index in [-0.39, 0.29) is 33.5 Å². The summed E-state index contributed by atoms with van der Waals surface area (Å²) in [7, 11) is 0. The zero-order valence-electron chi connectivity index (χ0n) is 15.6. The fourth-order valence-corrected chi connectivity index (χ4v) is 0.942. The quantitative estimate of drug-likeness (QED) is 0.610. The van der Waals surface area contributed by atoms with Crippen molar-refractivity contribution in [1.29, 1.82) is 0 Å². The van der Waals surface area contributed by atoms with Crippen molar-refractivity contribution >= 4 is 0 Å². The Morgan fingerprint density at radius 1 is 0.720 bits per heavy atom. The van der Waals surface area contributed by atoms with Crippen LogP contribution in [0.1, 0.15) is 38.8 Å². The molecule has 2 rings (SSSR count). The summed E-state index contributed by atoms with van der Waals surface area (Å²) in [4.78, 5) is 7.05. The molecule has 0 fully saturated rings. The second-order valence-corrected chi connectivity index (χ2v) is 5.35. The van der Waals surface area contributed by atoms with Gasteiger partial charge in [0, 0.05) is 12.4 Å². The minimum Gasteiger partial charge on any atom is -0.858 e. The van der Waals surface area contributed by atoms with Crippen LogP contribution in [0.3, 0.4) is 0 Å². The minimum absolute atomic E-state index is 0. The molecule has 6 nitrogen and oxygen atoms in total. The topological polar surface area (TPSA) is 118 Å². The van der Waals surface area contributed by atoms with Gasteiger partial charge in [-0.15, -0.1) is 12.2 Å². The second-order valence-electron chi connectivity index (χ2n) is 5.35. The maximum absolute atomic E-state index is 10.5. The van der Waals surface area contributed by atoms with E-state index in [9.17, 15) is 20.4 Å². The second kappa shape index (κ2) is 17.4. The van der Waals surface area contributed by atoms with E-state index in [1.165, 1.54) is 12.4 Å². The molecule has 136 valence electrons. The van der Waals surface area contributed by atoms with Gasteiger partial charge in [0.2, 0.25) is 0 Å². The van der Waals surface area contributed by atoms with Crippen molar-refractivity contribution in [2.45, 2.75) is 53.8 Å². The van der Waals surface area contributed by atoms with E-state index in [4.69, 9.17) is 0 Å². The molecule has 0 bridgehead atoms. The van der Waals surface area contributed by atoms with Crippen LogP contribution in [0.15, 0.2) is 36.7 Å². The molecule has 0 unspecified atom stereocenters. The zero-order valence-corrected chi connectivity index (χ0v) is 17.2. The summed E-state index contributed by atoms with van der Waals surface area (Å²) in [5.74, 6) is -0.264. The summed E-state index contributed by atoms with van der Waals surface area (Å²) < 4.78 is 0. The first-order chi connectivity index (χ1) is 11.1. The Morgan fingerprint density at radius 2 is 0.960 bits per heavy atom. The molecular formula is C18H26N2O4Ti. The van der Waals surface area contributed by atoms with E-state index >= 15 is 0 Å². The average molecular weight is 382 g/mol. The van der Waals surface area contributed by atoms with Crippen molar-refractivity contribution in [3.63, 3.8) is 0 Å². The van der Waals surface area contributed by atoms with Crippen LogP contribution in [-0.4, -0.2) is 22.2 Å². The molecule has 25 heavy (non-hydrogen) atoms. The third-order valence-corrected chi connectivity index (χ3v) is 1.92. The first kappa shape index (κ1) is 28.3. The Balaban J connectivity index is -0.000000270. The molecule has 0 amide bonds. The van der Waals surface area contributed by atoms with Crippen molar-refractivity contribution < 1.29 is 42.1 Å². The molecule has 0 aliphatic carbocycles. The molecule has 0 saturated heterocycles. The smallest absolute Gasteiger partial charge is 0.858 e. The predicted molar refractivity (Wildman–Crippen MR) is 87.1 cm³/mol. The van der Waals surface area contributed by atoms with Crippen LogP contribution < -0.4 is 20.4 Å². The molecule has 0 saturated carbocycles. The third-order valence-electron chi connectivity index (χ3n) is 1.92. The van der Waals surface area contributed by atoms with E-state index in [0.717, 1.165) is 0 Å². The molecule has 0 aromatic carbocycles. The Bertz CT molecular complexity index is 455. The van der Waals surface area contributed by atoms with Crippen molar-refractivity contribution in [2.24, 2.45) is 0 Å². The molecule has 0 aliphatic heterocycles. The van der Waals surface area contributed by atoms with Gasteiger partial charge in [0.1, 0.15) is 0 Å². The Morgan fingerprint density at radius 3 is 1.08 bits per heavy atom. The van der Waals surface area contributed by atoms with E-state index in [0.29, 0.717) is 11.1 Å². The summed E-state index contributed by atoms with van der Waals surface area (Å²) >= 11 is 0. The first-order valence-corrected chi connectivity index (χ1v) is 7.56. The molecule has 0 spiro atoms. The van der Waals surface area contributed by atoms with E-state index in [1.807, 2.05) is 0 Å². The largest absolute Gasteiger partial charge is 4.00 e. The van der Waals surface area contributed by atoms with Gasteiger partial charge < -0.3 is 20.4 Å². The van der Waals surface area contributed by atoms with E-state index in [1.54, 1.807) is 65.8 Å². The number of pyridine rings is 2. The van der Waals surface area contributed by atoms with Crippen molar-refractivity contribution in [3.05, 3.63) is 47.8 Å². The molecule has 2 aromatic rings. The van der Waals surface area contributed by atoms with Crippen LogP contribution in [0, 0.1) is 13.8 Å². The van der Waals surface area contributed by atoms with Crippen LogP contribution in [0.4, 0.5) is 0 Å². The fourth-order valence-electron chi connectivity index (χ4n) is 0.942. The molecule has 0 atom stereocenters. The predicted octanol–water partition coefficient (Wildman–Crippen LogP) is 0.435. The third kappa shape index (κ3) is 22.5. The van der Waals surface area contributed by atoms with Crippen LogP contribution >= 0.6 is 0 Å². The number of nitrogens with zero attached hydrogens (tertiary/aromatic N) is 2. The average Bonchev–Trinajstić information content (AvgIpc) is 2.45. The molecule has 0 aliphatic rings. The van der Waals surface area contributed by atoms with Gasteiger partial charge >= 0.3 is 21.7 Å². The number of aryl methyl sites for hydroxylation is 2. The Labute approximate surface area is 165 Å². The van der Waals surface area contributed by atoms with Gasteiger partial charge in [0.05, 0.1) is 0 Å². The van der Waals surface area contributed by atoms with Crippen LogP contribution in [0.25, 0.3) is 0 Å². The molecule has 2 heterocycles. The summed E-state index contributed by atoms with van der Waals surface area (Å²) in [6.45, 7) is 9.94. The van der Waals surface area contributed by atoms with E-state index < -0.39 is 12.2 Å². The number of aromatic nitrogens is 2. The van der Waals surface area contributed by atoms with Crippen LogP contribution in [-0.2, 0) is 21.7 Å². The van der Waals surface area contributed by atoms with Gasteiger partial charge in [-0.05, 0) is 48.9 Å². The summed E-state index contributed by atoms with van der Waals surface area (Å²) in [6.07, 6.45) is 2.16. The van der Waals surface area contributed by atoms with Crippen molar-refractivity contribution in [1.82, 2.24) is 9.97 Å². The summed E-state index contributed by atoms with van der Waals surface area (Å²) in [5.41, 5.74) is 1.40. The summed E-state index contributed by atoms with van der Waals surface area (Å²) in [5, 5.41) is 40.1. The molecule has 7 heteroatoms. The monoisotopic (exact) mass is 382 g/mol. The van der Waals surface area contributed by atoms with Crippen molar-refractivity contribution in [2.75, 3.05) is 0 Å². The van der Waals surface area contributed by atoms with E-state index in [2.05, 4.69) is 9.97 Å². The normalized spacial score (nSPS) is 8.72. The van der Waals surface area contributed by atoms with Crippen LogP contribution in [0.2, 0.25) is 0 Å². The standard InChI is InChI=1S/2C6H7NO.2C3H7O.Ti/c2*1-5-3-2-4-7-6(5)8;2*1-3(2)4;/h2*2-4H,1H3,(H,7,8);2*3H,1-2H3;/q;;2*-1;+4/p-2. The van der Waals surface area contributed by atoms with Crippen molar-refractivity contribution in [3.8, 4) is 11.8 Å². The Kier molecular flexibility index (Phi) is 19.7. The maximum atomic E-state index is 10.5. The van der Waals surface area contributed by atoms with Gasteiger partial charge in [-0.2, -0.15) is 0 Å². The molecule has 0 N–H and O–H groups in total. The van der Waals surface area contributed by atoms with Gasteiger partial charge in [0.15, 0.2) is 0 Å². The zero-order chi connectivity index (χ0) is 19.1. The summed E-state index contributed by atoms with van der Waals surface area (Å²) in [6, 6.07) is 6.98. The SMILES string of the molecule is CC(C)[O-].CC(C)[O-].Cc1cccnc1[O-].Cc1cccnc1[O-].[Ti+4]. The molecular weight excluding hydrogens is 356 g/mol. The first-order valence-electron chi connectivity index (χ1n) is 7.56. The number of hydrogen-bond donors (Lipinski definition) is 0. The fraction of sp³-hybridized carbons (Fsp3) is 0.444. The van der Waals surface area contributed by atoms with Gasteiger partial charge in [-0.3, -0.25) is 9.97 Å².